The van der Waals surface area contributed by atoms with Gasteiger partial charge in [0, 0.05) is 23.6 Å². The summed E-state index contributed by atoms with van der Waals surface area (Å²) >= 11 is 0.542. The Hall–Kier alpha value is -2.21. The molecule has 20 heavy (non-hydrogen) atoms. The highest BCUT2D eigenvalue weighted by atomic mass is 32.1. The van der Waals surface area contributed by atoms with Crippen molar-refractivity contribution in [2.75, 3.05) is 5.32 Å². The Morgan fingerprint density at radius 3 is 2.65 bits per heavy atom. The van der Waals surface area contributed by atoms with Gasteiger partial charge in [0.2, 0.25) is 11.0 Å². The maximum absolute atomic E-state index is 13.5. The number of nitrogens with one attached hydrogen (secondary N) is 1. The molecule has 9 heteroatoms. The van der Waals surface area contributed by atoms with Gasteiger partial charge in [-0.25, -0.2) is 4.39 Å². The van der Waals surface area contributed by atoms with Crippen LogP contribution in [0.1, 0.15) is 17.0 Å². The molecule has 0 fully saturated rings. The van der Waals surface area contributed by atoms with Crippen LogP contribution in [-0.4, -0.2) is 9.36 Å². The molecule has 0 spiro atoms. The highest BCUT2D eigenvalue weighted by Gasteiger charge is 2.36. The number of nitriles is 1. The summed E-state index contributed by atoms with van der Waals surface area (Å²) in [6.45, 7) is -0.0516. The van der Waals surface area contributed by atoms with E-state index in [4.69, 9.17) is 5.26 Å². The van der Waals surface area contributed by atoms with Crippen LogP contribution in [0, 0.1) is 17.1 Å². The van der Waals surface area contributed by atoms with Crippen LogP contribution in [0.3, 0.4) is 0 Å². The fraction of sp³-hybridized carbons (Fsp3) is 0.182. The van der Waals surface area contributed by atoms with E-state index in [1.165, 1.54) is 12.1 Å². The van der Waals surface area contributed by atoms with Crippen LogP contribution in [0.4, 0.5) is 22.7 Å². The van der Waals surface area contributed by atoms with E-state index in [1.54, 1.807) is 6.07 Å². The summed E-state index contributed by atoms with van der Waals surface area (Å²) in [5.41, 5.74) is 0.384. The third-order valence-corrected chi connectivity index (χ3v) is 2.96. The van der Waals surface area contributed by atoms with Crippen molar-refractivity contribution in [2.45, 2.75) is 12.7 Å². The smallest absolute Gasteiger partial charge is 0.356 e. The molecule has 0 amide bonds. The van der Waals surface area contributed by atoms with Gasteiger partial charge in [0.05, 0.1) is 11.6 Å². The number of alkyl halides is 3. The minimum Gasteiger partial charge on any atom is -0.356 e. The van der Waals surface area contributed by atoms with E-state index < -0.39 is 17.8 Å². The molecule has 0 aliphatic carbocycles. The van der Waals surface area contributed by atoms with Crippen molar-refractivity contribution in [3.05, 3.63) is 41.0 Å². The normalized spacial score (nSPS) is 11.2. The Balaban J connectivity index is 2.06. The predicted molar refractivity (Wildman–Crippen MR) is 63.4 cm³/mol. The largest absolute Gasteiger partial charge is 0.452 e. The van der Waals surface area contributed by atoms with Crippen LogP contribution < -0.4 is 5.32 Å². The number of rotatable bonds is 3. The third-order valence-electron chi connectivity index (χ3n) is 2.29. The van der Waals surface area contributed by atoms with Gasteiger partial charge in [0.25, 0.3) is 0 Å². The lowest BCUT2D eigenvalue weighted by Crippen LogP contribution is -2.08. The predicted octanol–water partition coefficient (Wildman–Crippen LogP) is 3.18. The summed E-state index contributed by atoms with van der Waals surface area (Å²) < 4.78 is 53.5. The standard InChI is InChI=1S/C11H6F4N4S/c12-8-3-6(4-16)1-2-7(8)5-17-10-18-9(19-20-10)11(13,14)15/h1-3H,5H2,(H,17,18,19). The molecule has 4 nitrogen and oxygen atoms in total. The van der Waals surface area contributed by atoms with Gasteiger partial charge in [-0.05, 0) is 12.1 Å². The number of nitrogens with zero attached hydrogens (tertiary/aromatic N) is 3. The van der Waals surface area contributed by atoms with Gasteiger partial charge < -0.3 is 5.32 Å². The second kappa shape index (κ2) is 5.42. The van der Waals surface area contributed by atoms with Gasteiger partial charge in [-0.3, -0.25) is 0 Å². The van der Waals surface area contributed by atoms with E-state index in [9.17, 15) is 17.6 Å². The van der Waals surface area contributed by atoms with Crippen molar-refractivity contribution >= 4 is 16.7 Å². The molecule has 2 aromatic rings. The molecule has 0 bridgehead atoms. The fourth-order valence-corrected chi connectivity index (χ4v) is 1.92. The maximum atomic E-state index is 13.5. The van der Waals surface area contributed by atoms with Crippen molar-refractivity contribution in [2.24, 2.45) is 0 Å². The van der Waals surface area contributed by atoms with E-state index in [2.05, 4.69) is 14.7 Å². The number of hydrogen-bond acceptors (Lipinski definition) is 5. The first-order chi connectivity index (χ1) is 9.40. The highest BCUT2D eigenvalue weighted by molar-refractivity contribution is 7.09. The first-order valence-electron chi connectivity index (χ1n) is 5.23. The van der Waals surface area contributed by atoms with Crippen LogP contribution >= 0.6 is 11.5 Å². The quantitative estimate of drug-likeness (QED) is 0.885. The van der Waals surface area contributed by atoms with Crippen LogP contribution in [0.25, 0.3) is 0 Å². The van der Waals surface area contributed by atoms with E-state index in [0.29, 0.717) is 11.5 Å². The van der Waals surface area contributed by atoms with Crippen molar-refractivity contribution in [1.82, 2.24) is 9.36 Å². The second-order valence-electron chi connectivity index (χ2n) is 3.69. The van der Waals surface area contributed by atoms with Gasteiger partial charge in [0.15, 0.2) is 0 Å². The average molecular weight is 302 g/mol. The molecular weight excluding hydrogens is 296 g/mol. The molecule has 0 saturated carbocycles. The van der Waals surface area contributed by atoms with Crippen LogP contribution in [-0.2, 0) is 12.7 Å². The van der Waals surface area contributed by atoms with Crippen molar-refractivity contribution < 1.29 is 17.6 Å². The summed E-state index contributed by atoms with van der Waals surface area (Å²) in [6, 6.07) is 5.64. The van der Waals surface area contributed by atoms with Gasteiger partial charge >= 0.3 is 6.18 Å². The van der Waals surface area contributed by atoms with Crippen molar-refractivity contribution in [3.8, 4) is 6.07 Å². The minimum atomic E-state index is -4.60. The second-order valence-corrected chi connectivity index (χ2v) is 4.44. The Bertz CT molecular complexity index is 659. The Labute approximate surface area is 114 Å². The maximum Gasteiger partial charge on any atom is 0.452 e. The Morgan fingerprint density at radius 1 is 1.35 bits per heavy atom. The van der Waals surface area contributed by atoms with Gasteiger partial charge in [-0.2, -0.15) is 27.8 Å². The van der Waals surface area contributed by atoms with Crippen LogP contribution in [0.5, 0.6) is 0 Å². The fourth-order valence-electron chi connectivity index (χ4n) is 1.34. The zero-order valence-corrected chi connectivity index (χ0v) is 10.5. The summed E-state index contributed by atoms with van der Waals surface area (Å²) in [7, 11) is 0. The van der Waals surface area contributed by atoms with Gasteiger partial charge in [-0.15, -0.1) is 0 Å². The molecule has 0 unspecified atom stereocenters. The molecule has 2 rings (SSSR count). The lowest BCUT2D eigenvalue weighted by Gasteiger charge is -2.04. The summed E-state index contributed by atoms with van der Waals surface area (Å²) in [6.07, 6.45) is -4.60. The molecule has 0 radical (unpaired) electrons. The molecule has 1 N–H and O–H groups in total. The van der Waals surface area contributed by atoms with Crippen molar-refractivity contribution in [1.29, 1.82) is 5.26 Å². The molecular formula is C11H6F4N4S. The summed E-state index contributed by atoms with van der Waals surface area (Å²) in [5, 5.41) is 11.1. The zero-order valence-electron chi connectivity index (χ0n) is 9.70. The molecule has 1 aromatic carbocycles. The van der Waals surface area contributed by atoms with Crippen molar-refractivity contribution in [3.63, 3.8) is 0 Å². The molecule has 104 valence electrons. The van der Waals surface area contributed by atoms with Gasteiger partial charge in [-0.1, -0.05) is 6.07 Å². The lowest BCUT2D eigenvalue weighted by atomic mass is 10.1. The molecule has 0 saturated heterocycles. The van der Waals surface area contributed by atoms with Gasteiger partial charge in [0.1, 0.15) is 5.82 Å². The van der Waals surface area contributed by atoms with Crippen LogP contribution in [0.2, 0.25) is 0 Å². The monoisotopic (exact) mass is 302 g/mol. The number of halogens is 4. The SMILES string of the molecule is N#Cc1ccc(CNc2nc(C(F)(F)F)ns2)c(F)c1. The highest BCUT2D eigenvalue weighted by Crippen LogP contribution is 2.29. The Kier molecular flexibility index (Phi) is 3.85. The summed E-state index contributed by atoms with van der Waals surface area (Å²) in [5.74, 6) is -1.84. The number of benzene rings is 1. The third kappa shape index (κ3) is 3.21. The minimum absolute atomic E-state index is 0.0516. The molecule has 1 heterocycles. The van der Waals surface area contributed by atoms with E-state index >= 15 is 0 Å². The van der Waals surface area contributed by atoms with E-state index in [-0.39, 0.29) is 22.8 Å². The number of aromatic nitrogens is 2. The molecule has 0 aliphatic heterocycles. The van der Waals surface area contributed by atoms with E-state index in [1.807, 2.05) is 0 Å². The molecule has 0 aliphatic rings. The Morgan fingerprint density at radius 2 is 2.10 bits per heavy atom. The van der Waals surface area contributed by atoms with E-state index in [0.717, 1.165) is 6.07 Å². The van der Waals surface area contributed by atoms with Crippen LogP contribution in [0.15, 0.2) is 18.2 Å². The zero-order chi connectivity index (χ0) is 14.8. The number of hydrogen-bond donors (Lipinski definition) is 1. The number of anilines is 1. The summed E-state index contributed by atoms with van der Waals surface area (Å²) in [4.78, 5) is 3.26. The lowest BCUT2D eigenvalue weighted by molar-refractivity contribution is -0.144. The molecule has 0 atom stereocenters. The average Bonchev–Trinajstić information content (AvgIpc) is 2.86. The molecule has 1 aromatic heterocycles. The first kappa shape index (κ1) is 14.2. The topological polar surface area (TPSA) is 61.6 Å². The first-order valence-corrected chi connectivity index (χ1v) is 6.01.